The predicted octanol–water partition coefficient (Wildman–Crippen LogP) is 2.11. The second-order valence-corrected chi connectivity index (χ2v) is 7.00. The first-order valence-corrected chi connectivity index (χ1v) is 9.24. The van der Waals surface area contributed by atoms with Gasteiger partial charge in [-0.2, -0.15) is 0 Å². The van der Waals surface area contributed by atoms with E-state index in [4.69, 9.17) is 0 Å². The number of carbonyl (C=O) groups is 2. The van der Waals surface area contributed by atoms with Crippen LogP contribution in [0.25, 0.3) is 10.7 Å². The number of amides is 3. The van der Waals surface area contributed by atoms with Crippen LogP contribution in [0.15, 0.2) is 22.7 Å². The summed E-state index contributed by atoms with van der Waals surface area (Å²) in [5, 5.41) is 16.1. The molecule has 2 aromatic rings. The molecule has 0 saturated heterocycles. The van der Waals surface area contributed by atoms with Gasteiger partial charge in [-0.15, -0.1) is 21.5 Å². The minimum atomic E-state index is -0.422. The van der Waals surface area contributed by atoms with Gasteiger partial charge in [-0.25, -0.2) is 4.79 Å². The number of nitrogens with zero attached hydrogens (tertiary/aromatic N) is 3. The molecule has 2 N–H and O–H groups in total. The highest BCUT2D eigenvalue weighted by Gasteiger charge is 2.24. The van der Waals surface area contributed by atoms with E-state index in [-0.39, 0.29) is 17.7 Å². The quantitative estimate of drug-likeness (QED) is 0.778. The van der Waals surface area contributed by atoms with Crippen LogP contribution in [0.4, 0.5) is 4.79 Å². The summed E-state index contributed by atoms with van der Waals surface area (Å²) in [4.78, 5) is 24.4. The number of aromatic nitrogens is 3. The highest BCUT2D eigenvalue weighted by molar-refractivity contribution is 7.99. The van der Waals surface area contributed by atoms with Gasteiger partial charge in [0.2, 0.25) is 5.91 Å². The molecule has 2 aromatic heterocycles. The summed E-state index contributed by atoms with van der Waals surface area (Å²) < 4.78 is 1.97. The molecule has 0 radical (unpaired) electrons. The first-order valence-electron chi connectivity index (χ1n) is 7.37. The fourth-order valence-electron chi connectivity index (χ4n) is 2.01. The lowest BCUT2D eigenvalue weighted by molar-refractivity contribution is -0.117. The van der Waals surface area contributed by atoms with Gasteiger partial charge in [0, 0.05) is 12.6 Å². The summed E-state index contributed by atoms with van der Waals surface area (Å²) in [5.41, 5.74) is 0. The molecule has 0 atom stereocenters. The number of nitrogens with one attached hydrogen (secondary N) is 2. The first kappa shape index (κ1) is 16.0. The molecule has 0 unspecified atom stereocenters. The molecular formula is C14H17N5O2S2. The Balaban J connectivity index is 1.57. The van der Waals surface area contributed by atoms with Crippen LogP contribution in [0.3, 0.4) is 0 Å². The highest BCUT2D eigenvalue weighted by Crippen LogP contribution is 2.27. The largest absolute Gasteiger partial charge is 0.335 e. The Bertz CT molecular complexity index is 694. The van der Waals surface area contributed by atoms with Gasteiger partial charge in [0.05, 0.1) is 10.6 Å². The number of urea groups is 1. The second-order valence-electron chi connectivity index (χ2n) is 5.11. The Morgan fingerprint density at radius 3 is 2.91 bits per heavy atom. The van der Waals surface area contributed by atoms with E-state index < -0.39 is 6.03 Å². The number of thioether (sulfide) groups is 1. The van der Waals surface area contributed by atoms with Gasteiger partial charge in [-0.3, -0.25) is 10.1 Å². The van der Waals surface area contributed by atoms with Crippen molar-refractivity contribution in [2.75, 3.05) is 5.75 Å². The van der Waals surface area contributed by atoms with Gasteiger partial charge < -0.3 is 9.88 Å². The smallest absolute Gasteiger partial charge is 0.321 e. The monoisotopic (exact) mass is 351 g/mol. The van der Waals surface area contributed by atoms with Gasteiger partial charge in [0.1, 0.15) is 0 Å². The van der Waals surface area contributed by atoms with Crippen LogP contribution in [0.2, 0.25) is 0 Å². The molecule has 1 aliphatic carbocycles. The average molecular weight is 351 g/mol. The van der Waals surface area contributed by atoms with E-state index >= 15 is 0 Å². The van der Waals surface area contributed by atoms with Crippen LogP contribution in [-0.4, -0.2) is 38.5 Å². The van der Waals surface area contributed by atoms with Crippen molar-refractivity contribution in [2.45, 2.75) is 37.5 Å². The van der Waals surface area contributed by atoms with Crippen LogP contribution in [-0.2, 0) is 11.3 Å². The van der Waals surface area contributed by atoms with Crippen molar-refractivity contribution < 1.29 is 9.59 Å². The summed E-state index contributed by atoms with van der Waals surface area (Å²) >= 11 is 2.87. The van der Waals surface area contributed by atoms with E-state index in [1.54, 1.807) is 11.3 Å². The molecule has 1 fully saturated rings. The lowest BCUT2D eigenvalue weighted by Crippen LogP contribution is -2.41. The molecule has 23 heavy (non-hydrogen) atoms. The summed E-state index contributed by atoms with van der Waals surface area (Å²) in [6, 6.07) is 3.76. The van der Waals surface area contributed by atoms with Crippen molar-refractivity contribution in [3.8, 4) is 10.7 Å². The summed E-state index contributed by atoms with van der Waals surface area (Å²) in [6.07, 6.45) is 1.98. The first-order chi connectivity index (χ1) is 11.2. The van der Waals surface area contributed by atoms with Crippen molar-refractivity contribution in [1.82, 2.24) is 25.4 Å². The highest BCUT2D eigenvalue weighted by atomic mass is 32.2. The maximum Gasteiger partial charge on any atom is 0.321 e. The van der Waals surface area contributed by atoms with Crippen molar-refractivity contribution in [3.05, 3.63) is 17.5 Å². The molecule has 0 aromatic carbocycles. The average Bonchev–Trinajstić information content (AvgIpc) is 3.04. The van der Waals surface area contributed by atoms with Gasteiger partial charge in [0.25, 0.3) is 0 Å². The molecule has 7 nitrogen and oxygen atoms in total. The predicted molar refractivity (Wildman–Crippen MR) is 89.4 cm³/mol. The summed E-state index contributed by atoms with van der Waals surface area (Å²) in [7, 11) is 0. The maximum atomic E-state index is 11.8. The topological polar surface area (TPSA) is 88.9 Å². The molecule has 9 heteroatoms. The SMILES string of the molecule is CCn1c(SCC(=O)NC(=O)NC2CC2)nnc1-c1cccs1. The zero-order valence-electron chi connectivity index (χ0n) is 12.6. The van der Waals surface area contributed by atoms with Crippen molar-refractivity contribution >= 4 is 35.0 Å². The number of rotatable bonds is 6. The Labute approximate surface area is 141 Å². The second kappa shape index (κ2) is 7.14. The van der Waals surface area contributed by atoms with E-state index in [9.17, 15) is 9.59 Å². The fourth-order valence-corrected chi connectivity index (χ4v) is 3.53. The fraction of sp³-hybridized carbons (Fsp3) is 0.429. The Hall–Kier alpha value is -1.87. The third-order valence-electron chi connectivity index (χ3n) is 3.27. The minimum Gasteiger partial charge on any atom is -0.335 e. The Kier molecular flexibility index (Phi) is 4.97. The molecule has 0 bridgehead atoms. The standard InChI is InChI=1S/C14H17N5O2S2/c1-2-19-12(10-4-3-7-22-10)17-18-14(19)23-8-11(20)16-13(21)15-9-5-6-9/h3-4,7,9H,2,5-6,8H2,1H3,(H2,15,16,20,21). The molecule has 1 saturated carbocycles. The van der Waals surface area contributed by atoms with Crippen molar-refractivity contribution in [1.29, 1.82) is 0 Å². The number of carbonyl (C=O) groups excluding carboxylic acids is 2. The third-order valence-corrected chi connectivity index (χ3v) is 5.11. The lowest BCUT2D eigenvalue weighted by Gasteiger charge is -2.07. The number of hydrogen-bond donors (Lipinski definition) is 2. The molecule has 0 aliphatic heterocycles. The third kappa shape index (κ3) is 4.11. The zero-order valence-corrected chi connectivity index (χ0v) is 14.2. The number of hydrogen-bond acceptors (Lipinski definition) is 6. The lowest BCUT2D eigenvalue weighted by atomic mass is 10.4. The van der Waals surface area contributed by atoms with Crippen LogP contribution >= 0.6 is 23.1 Å². The number of imide groups is 1. The minimum absolute atomic E-state index is 0.126. The van der Waals surface area contributed by atoms with Crippen molar-refractivity contribution in [2.24, 2.45) is 0 Å². The molecule has 3 amide bonds. The Morgan fingerprint density at radius 1 is 1.43 bits per heavy atom. The molecule has 2 heterocycles. The maximum absolute atomic E-state index is 11.8. The molecule has 1 aliphatic rings. The number of thiophene rings is 1. The van der Waals surface area contributed by atoms with Crippen LogP contribution in [0.5, 0.6) is 0 Å². The van der Waals surface area contributed by atoms with E-state index in [0.717, 1.165) is 23.5 Å². The van der Waals surface area contributed by atoms with E-state index in [1.807, 2.05) is 29.0 Å². The van der Waals surface area contributed by atoms with Crippen LogP contribution in [0.1, 0.15) is 19.8 Å². The van der Waals surface area contributed by atoms with Gasteiger partial charge in [0.15, 0.2) is 11.0 Å². The van der Waals surface area contributed by atoms with E-state index in [2.05, 4.69) is 20.8 Å². The van der Waals surface area contributed by atoms with Gasteiger partial charge in [-0.1, -0.05) is 17.8 Å². The molecular weight excluding hydrogens is 334 g/mol. The zero-order chi connectivity index (χ0) is 16.2. The summed E-state index contributed by atoms with van der Waals surface area (Å²) in [5.74, 6) is 0.592. The summed E-state index contributed by atoms with van der Waals surface area (Å²) in [6.45, 7) is 2.72. The molecule has 0 spiro atoms. The van der Waals surface area contributed by atoms with Gasteiger partial charge >= 0.3 is 6.03 Å². The van der Waals surface area contributed by atoms with Crippen LogP contribution in [0, 0.1) is 0 Å². The Morgan fingerprint density at radius 2 is 2.26 bits per heavy atom. The van der Waals surface area contributed by atoms with Gasteiger partial charge in [-0.05, 0) is 31.2 Å². The normalized spacial score (nSPS) is 13.8. The van der Waals surface area contributed by atoms with E-state index in [0.29, 0.717) is 11.7 Å². The molecule has 3 rings (SSSR count). The molecule has 122 valence electrons. The van der Waals surface area contributed by atoms with Crippen LogP contribution < -0.4 is 10.6 Å². The van der Waals surface area contributed by atoms with Crippen molar-refractivity contribution in [3.63, 3.8) is 0 Å². The van der Waals surface area contributed by atoms with E-state index in [1.165, 1.54) is 11.8 Å².